The summed E-state index contributed by atoms with van der Waals surface area (Å²) in [6.45, 7) is 0.958. The molecule has 0 aliphatic heterocycles. The maximum atomic E-state index is 5.88. The molecule has 0 unspecified atom stereocenters. The van der Waals surface area contributed by atoms with Crippen LogP contribution in [0.25, 0.3) is 0 Å². The summed E-state index contributed by atoms with van der Waals surface area (Å²) in [4.78, 5) is 0. The van der Waals surface area contributed by atoms with Crippen LogP contribution in [0, 0.1) is 0 Å². The lowest BCUT2D eigenvalue weighted by atomic mass is 10.2. The Bertz CT molecular complexity index is 210. The van der Waals surface area contributed by atoms with Crippen LogP contribution < -0.4 is 5.32 Å². The molecule has 2 heteroatoms. The van der Waals surface area contributed by atoms with Crippen LogP contribution in [-0.2, 0) is 6.54 Å². The third kappa shape index (κ3) is 1.72. The maximum Gasteiger partial charge on any atom is 0.102 e. The van der Waals surface area contributed by atoms with E-state index in [9.17, 15) is 0 Å². The van der Waals surface area contributed by atoms with Gasteiger partial charge in [-0.25, -0.2) is 0 Å². The highest BCUT2D eigenvalue weighted by molar-refractivity contribution is 6.31. The smallest absolute Gasteiger partial charge is 0.102 e. The molecule has 0 aliphatic carbocycles. The van der Waals surface area contributed by atoms with E-state index < -0.39 is 0 Å². The van der Waals surface area contributed by atoms with Gasteiger partial charge in [0.25, 0.3) is 0 Å². The van der Waals surface area contributed by atoms with Crippen molar-refractivity contribution in [3.63, 3.8) is 0 Å². The average molecular weight is 157 g/mol. The minimum Gasteiger partial charge on any atom is -0.345 e. The second-order valence-corrected chi connectivity index (χ2v) is 2.61. The van der Waals surface area contributed by atoms with Crippen LogP contribution in [0.15, 0.2) is 24.3 Å². The van der Waals surface area contributed by atoms with E-state index in [-0.39, 0.29) is 0 Å². The summed E-state index contributed by atoms with van der Waals surface area (Å²) in [6.07, 6.45) is 0. The molecule has 0 fully saturated rings. The van der Waals surface area contributed by atoms with Crippen LogP contribution >= 0.6 is 11.6 Å². The van der Waals surface area contributed by atoms with Gasteiger partial charge in [-0.05, 0) is 6.07 Å². The lowest BCUT2D eigenvalue weighted by molar-refractivity contribution is -0.643. The quantitative estimate of drug-likeness (QED) is 0.659. The molecule has 0 aliphatic rings. The summed E-state index contributed by atoms with van der Waals surface area (Å²) in [7, 11) is 2.03. The van der Waals surface area contributed by atoms with Gasteiger partial charge in [-0.3, -0.25) is 0 Å². The van der Waals surface area contributed by atoms with Gasteiger partial charge in [0.15, 0.2) is 0 Å². The molecule has 1 aromatic carbocycles. The van der Waals surface area contributed by atoms with Gasteiger partial charge in [-0.2, -0.15) is 0 Å². The molecule has 0 bridgehead atoms. The molecule has 1 nitrogen and oxygen atoms in total. The van der Waals surface area contributed by atoms with Crippen LogP contribution in [0.1, 0.15) is 5.56 Å². The Morgan fingerprint density at radius 2 is 2.10 bits per heavy atom. The Labute approximate surface area is 66.0 Å². The summed E-state index contributed by atoms with van der Waals surface area (Å²) in [5, 5.41) is 2.96. The monoisotopic (exact) mass is 156 g/mol. The van der Waals surface area contributed by atoms with Crippen molar-refractivity contribution in [2.24, 2.45) is 0 Å². The first-order valence-corrected chi connectivity index (χ1v) is 3.73. The Morgan fingerprint density at radius 3 is 2.70 bits per heavy atom. The molecular weight excluding hydrogens is 146 g/mol. The molecule has 0 spiro atoms. The predicted molar refractivity (Wildman–Crippen MR) is 43.0 cm³/mol. The SMILES string of the molecule is C[NH2+]Cc1ccccc1Cl. The molecule has 1 aromatic rings. The Balaban J connectivity index is 2.81. The highest BCUT2D eigenvalue weighted by Gasteiger charge is 1.96. The first-order chi connectivity index (χ1) is 4.84. The fraction of sp³-hybridized carbons (Fsp3) is 0.250. The van der Waals surface area contributed by atoms with Gasteiger partial charge in [0.05, 0.1) is 7.05 Å². The van der Waals surface area contributed by atoms with E-state index >= 15 is 0 Å². The minimum absolute atomic E-state index is 0.862. The summed E-state index contributed by atoms with van der Waals surface area (Å²) in [5.74, 6) is 0. The van der Waals surface area contributed by atoms with Crippen molar-refractivity contribution in [1.82, 2.24) is 0 Å². The van der Waals surface area contributed by atoms with E-state index in [1.807, 2.05) is 31.3 Å². The molecule has 54 valence electrons. The third-order valence-corrected chi connectivity index (χ3v) is 1.75. The second-order valence-electron chi connectivity index (χ2n) is 2.20. The van der Waals surface area contributed by atoms with Crippen LogP contribution in [0.3, 0.4) is 0 Å². The van der Waals surface area contributed by atoms with Crippen molar-refractivity contribution in [3.05, 3.63) is 34.9 Å². The number of nitrogens with two attached hydrogens (primary N) is 1. The standard InChI is InChI=1S/C8H10ClN/c1-10-6-7-4-2-3-5-8(7)9/h2-5,10H,6H2,1H3/p+1. The third-order valence-electron chi connectivity index (χ3n) is 1.38. The molecule has 0 amide bonds. The second kappa shape index (κ2) is 3.59. The normalized spacial score (nSPS) is 9.80. The van der Waals surface area contributed by atoms with Gasteiger partial charge in [-0.15, -0.1) is 0 Å². The van der Waals surface area contributed by atoms with Crippen LogP contribution in [-0.4, -0.2) is 7.05 Å². The zero-order valence-corrected chi connectivity index (χ0v) is 6.73. The van der Waals surface area contributed by atoms with Crippen molar-refractivity contribution < 1.29 is 5.32 Å². The van der Waals surface area contributed by atoms with E-state index in [1.54, 1.807) is 0 Å². The maximum absolute atomic E-state index is 5.88. The molecule has 10 heavy (non-hydrogen) atoms. The fourth-order valence-electron chi connectivity index (χ4n) is 0.884. The zero-order chi connectivity index (χ0) is 7.40. The summed E-state index contributed by atoms with van der Waals surface area (Å²) < 4.78 is 0. The topological polar surface area (TPSA) is 16.6 Å². The summed E-state index contributed by atoms with van der Waals surface area (Å²) in [6, 6.07) is 7.91. The summed E-state index contributed by atoms with van der Waals surface area (Å²) >= 11 is 5.88. The highest BCUT2D eigenvalue weighted by atomic mass is 35.5. The molecule has 1 rings (SSSR count). The number of hydrogen-bond acceptors (Lipinski definition) is 0. The molecule has 2 N–H and O–H groups in total. The highest BCUT2D eigenvalue weighted by Crippen LogP contribution is 2.12. The summed E-state index contributed by atoms with van der Waals surface area (Å²) in [5.41, 5.74) is 1.20. The Morgan fingerprint density at radius 1 is 1.40 bits per heavy atom. The first kappa shape index (κ1) is 7.58. The van der Waals surface area contributed by atoms with E-state index in [0.717, 1.165) is 11.6 Å². The van der Waals surface area contributed by atoms with Gasteiger partial charge >= 0.3 is 0 Å². The van der Waals surface area contributed by atoms with E-state index in [1.165, 1.54) is 5.56 Å². The van der Waals surface area contributed by atoms with Gasteiger partial charge in [0.2, 0.25) is 0 Å². The molecule has 0 radical (unpaired) electrons. The van der Waals surface area contributed by atoms with Crippen molar-refractivity contribution in [1.29, 1.82) is 0 Å². The van der Waals surface area contributed by atoms with Gasteiger partial charge in [-0.1, -0.05) is 29.8 Å². The average Bonchev–Trinajstić information content (AvgIpc) is 1.94. The fourth-order valence-corrected chi connectivity index (χ4v) is 1.10. The van der Waals surface area contributed by atoms with Gasteiger partial charge in [0.1, 0.15) is 6.54 Å². The number of rotatable bonds is 2. The van der Waals surface area contributed by atoms with Gasteiger partial charge in [0, 0.05) is 10.6 Å². The largest absolute Gasteiger partial charge is 0.345 e. The zero-order valence-electron chi connectivity index (χ0n) is 5.97. The van der Waals surface area contributed by atoms with E-state index in [0.29, 0.717) is 0 Å². The molecule has 0 aromatic heterocycles. The molecule has 0 atom stereocenters. The van der Waals surface area contributed by atoms with Crippen LogP contribution in [0.5, 0.6) is 0 Å². The van der Waals surface area contributed by atoms with Crippen LogP contribution in [0.4, 0.5) is 0 Å². The number of halogens is 1. The predicted octanol–water partition coefficient (Wildman–Crippen LogP) is 1.03. The number of hydrogen-bond donors (Lipinski definition) is 1. The lowest BCUT2D eigenvalue weighted by Crippen LogP contribution is -2.77. The Kier molecular flexibility index (Phi) is 2.72. The van der Waals surface area contributed by atoms with Crippen molar-refractivity contribution in [2.45, 2.75) is 6.54 Å². The Hall–Kier alpha value is -0.530. The first-order valence-electron chi connectivity index (χ1n) is 3.36. The molecule has 0 heterocycles. The molecular formula is C8H11ClN+. The number of quaternary nitrogens is 1. The molecule has 0 saturated heterocycles. The van der Waals surface area contributed by atoms with Crippen LogP contribution in [0.2, 0.25) is 5.02 Å². The molecule has 0 saturated carbocycles. The van der Waals surface area contributed by atoms with Crippen molar-refractivity contribution >= 4 is 11.6 Å². The lowest BCUT2D eigenvalue weighted by Gasteiger charge is -1.98. The van der Waals surface area contributed by atoms with Gasteiger partial charge < -0.3 is 5.32 Å². The minimum atomic E-state index is 0.862. The number of benzene rings is 1. The van der Waals surface area contributed by atoms with E-state index in [2.05, 4.69) is 5.32 Å². The van der Waals surface area contributed by atoms with Crippen molar-refractivity contribution in [2.75, 3.05) is 7.05 Å². The van der Waals surface area contributed by atoms with Crippen molar-refractivity contribution in [3.8, 4) is 0 Å². The van der Waals surface area contributed by atoms with E-state index in [4.69, 9.17) is 11.6 Å².